The van der Waals surface area contributed by atoms with Gasteiger partial charge in [-0.15, -0.1) is 0 Å². The van der Waals surface area contributed by atoms with E-state index in [1.807, 2.05) is 0 Å². The molecule has 2 aromatic rings. The Morgan fingerprint density at radius 3 is 2.16 bits per heavy atom. The summed E-state index contributed by atoms with van der Waals surface area (Å²) in [5.74, 6) is -0.261. The number of nitrogens with zero attached hydrogens (tertiary/aromatic N) is 2. The molecule has 172 valence electrons. The maximum Gasteiger partial charge on any atom is 0.421 e. The summed E-state index contributed by atoms with van der Waals surface area (Å²) in [6.45, 7) is 0.688. The van der Waals surface area contributed by atoms with Crippen molar-refractivity contribution in [3.63, 3.8) is 0 Å². The zero-order chi connectivity index (χ0) is 23.1. The van der Waals surface area contributed by atoms with E-state index in [-0.39, 0.29) is 42.0 Å². The number of hydrogen-bond donors (Lipinski definition) is 1. The number of benzene rings is 1. The maximum atomic E-state index is 15.5. The normalized spacial score (nSPS) is 25.8. The summed E-state index contributed by atoms with van der Waals surface area (Å²) in [6.07, 6.45) is 1.64. The number of hydrogen-bond acceptors (Lipinski definition) is 3. The monoisotopic (exact) mass is 450 g/mol. The number of halogens is 4. The van der Waals surface area contributed by atoms with Gasteiger partial charge < -0.3 is 10.0 Å². The highest BCUT2D eigenvalue weighted by Crippen LogP contribution is 2.44. The molecule has 0 radical (unpaired) electrons. The number of carbonyl (C=O) groups is 1. The fourth-order valence-corrected chi connectivity index (χ4v) is 4.49. The summed E-state index contributed by atoms with van der Waals surface area (Å²) >= 11 is 0. The number of carbonyl (C=O) groups excluding carboxylic acids is 1. The molecule has 32 heavy (non-hydrogen) atoms. The van der Waals surface area contributed by atoms with E-state index in [2.05, 4.69) is 4.98 Å². The van der Waals surface area contributed by atoms with Gasteiger partial charge in [0.05, 0.1) is 0 Å². The van der Waals surface area contributed by atoms with Gasteiger partial charge in [-0.1, -0.05) is 18.2 Å². The highest BCUT2D eigenvalue weighted by atomic mass is 19.4. The average Bonchev–Trinajstić information content (AvgIpc) is 3.60. The largest absolute Gasteiger partial charge is 0.421 e. The summed E-state index contributed by atoms with van der Waals surface area (Å²) in [5.41, 5.74) is -3.97. The predicted molar refractivity (Wildman–Crippen MR) is 111 cm³/mol. The zero-order valence-electron chi connectivity index (χ0n) is 17.8. The smallest absolute Gasteiger partial charge is 0.376 e. The molecule has 2 aliphatic rings. The molecule has 1 aromatic carbocycles. The van der Waals surface area contributed by atoms with E-state index in [4.69, 9.17) is 0 Å². The van der Waals surface area contributed by atoms with Crippen LogP contribution in [0.5, 0.6) is 0 Å². The van der Waals surface area contributed by atoms with Crippen molar-refractivity contribution in [2.24, 2.45) is 0 Å². The highest BCUT2D eigenvalue weighted by molar-refractivity contribution is 5.95. The average molecular weight is 450 g/mol. The highest BCUT2D eigenvalue weighted by Gasteiger charge is 2.51. The lowest BCUT2D eigenvalue weighted by atomic mass is 9.79. The van der Waals surface area contributed by atoms with Crippen molar-refractivity contribution in [3.05, 3.63) is 65.5 Å². The third-order valence-corrected chi connectivity index (χ3v) is 6.74. The molecule has 4 rings (SSSR count). The lowest BCUT2D eigenvalue weighted by molar-refractivity contribution is -0.258. The fourth-order valence-electron chi connectivity index (χ4n) is 4.49. The Bertz CT molecular complexity index is 948. The molecule has 2 fully saturated rings. The Hall–Kier alpha value is -2.48. The molecule has 1 amide bonds. The van der Waals surface area contributed by atoms with Gasteiger partial charge in [0.2, 0.25) is 0 Å². The van der Waals surface area contributed by atoms with Crippen molar-refractivity contribution in [3.8, 4) is 0 Å². The molecule has 4 nitrogen and oxygen atoms in total. The van der Waals surface area contributed by atoms with Crippen molar-refractivity contribution < 1.29 is 27.5 Å². The van der Waals surface area contributed by atoms with Crippen LogP contribution in [0.4, 0.5) is 17.6 Å². The second-order valence-electron chi connectivity index (χ2n) is 9.03. The SMILES string of the molecule is C[C@](O)(c1ccc(C(=O)N(C2CC2)C2CCC(F)(c3cccnc3)CC2)cc1)C(F)(F)F. The van der Waals surface area contributed by atoms with E-state index in [1.165, 1.54) is 12.1 Å². The molecule has 1 N–H and O–H groups in total. The van der Waals surface area contributed by atoms with Crippen molar-refractivity contribution >= 4 is 5.91 Å². The lowest BCUT2D eigenvalue weighted by Crippen LogP contribution is -2.45. The van der Waals surface area contributed by atoms with E-state index < -0.39 is 17.4 Å². The molecule has 2 saturated carbocycles. The van der Waals surface area contributed by atoms with E-state index in [1.54, 1.807) is 29.4 Å². The Labute approximate surface area is 184 Å². The second kappa shape index (κ2) is 8.14. The molecule has 0 saturated heterocycles. The minimum Gasteiger partial charge on any atom is -0.376 e. The number of pyridine rings is 1. The van der Waals surface area contributed by atoms with Crippen molar-refractivity contribution in [1.82, 2.24) is 9.88 Å². The summed E-state index contributed by atoms with van der Waals surface area (Å²) in [5, 5.41) is 9.85. The Kier molecular flexibility index (Phi) is 5.77. The maximum absolute atomic E-state index is 15.5. The third kappa shape index (κ3) is 4.25. The summed E-state index contributed by atoms with van der Waals surface area (Å²) in [6, 6.07) is 8.33. The van der Waals surface area contributed by atoms with Crippen LogP contribution in [0, 0.1) is 0 Å². The summed E-state index contributed by atoms with van der Waals surface area (Å²) < 4.78 is 54.7. The van der Waals surface area contributed by atoms with Crippen LogP contribution in [0.1, 0.15) is 66.9 Å². The lowest BCUT2D eigenvalue weighted by Gasteiger charge is -2.40. The van der Waals surface area contributed by atoms with Gasteiger partial charge in [0.1, 0.15) is 5.67 Å². The number of aliphatic hydroxyl groups is 1. The van der Waals surface area contributed by atoms with Crippen LogP contribution in [0.3, 0.4) is 0 Å². The number of amides is 1. The van der Waals surface area contributed by atoms with Gasteiger partial charge >= 0.3 is 6.18 Å². The van der Waals surface area contributed by atoms with Crippen molar-refractivity contribution in [2.75, 3.05) is 0 Å². The topological polar surface area (TPSA) is 53.4 Å². The minimum atomic E-state index is -4.83. The van der Waals surface area contributed by atoms with Crippen LogP contribution in [0.15, 0.2) is 48.8 Å². The molecule has 0 bridgehead atoms. The zero-order valence-corrected chi connectivity index (χ0v) is 17.8. The third-order valence-electron chi connectivity index (χ3n) is 6.74. The van der Waals surface area contributed by atoms with Crippen LogP contribution >= 0.6 is 0 Å². The van der Waals surface area contributed by atoms with Crippen LogP contribution in [0.25, 0.3) is 0 Å². The minimum absolute atomic E-state index is 0.0796. The van der Waals surface area contributed by atoms with E-state index in [9.17, 15) is 23.1 Å². The second-order valence-corrected chi connectivity index (χ2v) is 9.03. The van der Waals surface area contributed by atoms with Gasteiger partial charge in [0.15, 0.2) is 5.60 Å². The first kappa shape index (κ1) is 22.7. The van der Waals surface area contributed by atoms with Gasteiger partial charge in [-0.3, -0.25) is 9.78 Å². The summed E-state index contributed by atoms with van der Waals surface area (Å²) in [4.78, 5) is 19.1. The first-order valence-electron chi connectivity index (χ1n) is 10.8. The van der Waals surface area contributed by atoms with E-state index >= 15 is 4.39 Å². The molecule has 0 unspecified atom stereocenters. The van der Waals surface area contributed by atoms with Gasteiger partial charge in [-0.05, 0) is 69.2 Å². The molecule has 1 aromatic heterocycles. The van der Waals surface area contributed by atoms with Gasteiger partial charge in [-0.25, -0.2) is 4.39 Å². The van der Waals surface area contributed by atoms with Crippen LogP contribution in [0.2, 0.25) is 0 Å². The van der Waals surface area contributed by atoms with Crippen LogP contribution < -0.4 is 0 Å². The van der Waals surface area contributed by atoms with Crippen molar-refractivity contribution in [2.45, 2.75) is 75.0 Å². The van der Waals surface area contributed by atoms with Gasteiger partial charge in [-0.2, -0.15) is 13.2 Å². The molecule has 0 spiro atoms. The molecular formula is C24H26F4N2O2. The Morgan fingerprint density at radius 1 is 1.06 bits per heavy atom. The number of alkyl halides is 4. The quantitative estimate of drug-likeness (QED) is 0.632. The van der Waals surface area contributed by atoms with Crippen molar-refractivity contribution in [1.29, 1.82) is 0 Å². The fraction of sp³-hybridized carbons (Fsp3) is 0.500. The molecule has 2 aliphatic carbocycles. The summed E-state index contributed by atoms with van der Waals surface area (Å²) in [7, 11) is 0. The molecule has 1 atom stereocenters. The number of aromatic nitrogens is 1. The van der Waals surface area contributed by atoms with Gasteiger partial charge in [0.25, 0.3) is 5.91 Å². The number of rotatable bonds is 5. The first-order chi connectivity index (χ1) is 15.0. The Balaban J connectivity index is 1.49. The molecule has 1 heterocycles. The molecular weight excluding hydrogens is 424 g/mol. The van der Waals surface area contributed by atoms with E-state index in [0.29, 0.717) is 25.3 Å². The first-order valence-corrected chi connectivity index (χ1v) is 10.8. The van der Waals surface area contributed by atoms with Gasteiger partial charge in [0, 0.05) is 35.6 Å². The van der Waals surface area contributed by atoms with Crippen LogP contribution in [-0.2, 0) is 11.3 Å². The van der Waals surface area contributed by atoms with Crippen LogP contribution in [-0.4, -0.2) is 39.2 Å². The molecule has 8 heteroatoms. The molecule has 0 aliphatic heterocycles. The predicted octanol–water partition coefficient (Wildman–Crippen LogP) is 5.26. The Morgan fingerprint density at radius 2 is 1.66 bits per heavy atom. The van der Waals surface area contributed by atoms with E-state index in [0.717, 1.165) is 25.0 Å². The standard InChI is InChI=1S/C24H26F4N2O2/c1-22(32,24(26,27)28)17-6-4-16(5-7-17)21(31)30(19-8-9-19)20-10-12-23(25,13-11-20)18-3-2-14-29-15-18/h2-7,14-15,19-20,32H,8-13H2,1H3/t20?,22-,23?/m0/s1.